The highest BCUT2D eigenvalue weighted by atomic mass is 16.5. The van der Waals surface area contributed by atoms with E-state index in [2.05, 4.69) is 10.6 Å². The fraction of sp³-hybridized carbons (Fsp3) is 0.333. The second-order valence-electron chi connectivity index (χ2n) is 6.13. The first-order valence-corrected chi connectivity index (χ1v) is 8.84. The van der Waals surface area contributed by atoms with E-state index < -0.39 is 0 Å². The van der Waals surface area contributed by atoms with Gasteiger partial charge in [-0.3, -0.25) is 9.59 Å². The van der Waals surface area contributed by atoms with Gasteiger partial charge in [-0.15, -0.1) is 0 Å². The van der Waals surface area contributed by atoms with Gasteiger partial charge in [0.1, 0.15) is 5.75 Å². The average molecular weight is 354 g/mol. The van der Waals surface area contributed by atoms with Crippen molar-refractivity contribution in [2.75, 3.05) is 18.5 Å². The highest BCUT2D eigenvalue weighted by Gasteiger charge is 2.10. The molecule has 2 aromatic rings. The summed E-state index contributed by atoms with van der Waals surface area (Å²) in [5.74, 6) is 0.411. The zero-order chi connectivity index (χ0) is 18.9. The van der Waals surface area contributed by atoms with Gasteiger partial charge in [0.05, 0.1) is 13.2 Å². The summed E-state index contributed by atoms with van der Waals surface area (Å²) in [5.41, 5.74) is 3.79. The Morgan fingerprint density at radius 1 is 0.962 bits per heavy atom. The first kappa shape index (κ1) is 19.5. The fourth-order valence-corrected chi connectivity index (χ4v) is 2.72. The van der Waals surface area contributed by atoms with Crippen LogP contribution in [0, 0.1) is 13.8 Å². The molecule has 2 amide bonds. The van der Waals surface area contributed by atoms with Gasteiger partial charge in [-0.1, -0.05) is 36.4 Å². The van der Waals surface area contributed by atoms with Gasteiger partial charge in [0.2, 0.25) is 11.8 Å². The molecule has 0 fully saturated rings. The molecule has 0 saturated heterocycles. The van der Waals surface area contributed by atoms with Crippen molar-refractivity contribution in [3.8, 4) is 5.75 Å². The smallest absolute Gasteiger partial charge is 0.243 e. The second kappa shape index (κ2) is 9.61. The van der Waals surface area contributed by atoms with Crippen molar-refractivity contribution >= 4 is 17.5 Å². The van der Waals surface area contributed by atoms with Crippen LogP contribution in [-0.2, 0) is 16.0 Å². The monoisotopic (exact) mass is 354 g/mol. The van der Waals surface area contributed by atoms with E-state index in [0.29, 0.717) is 19.4 Å². The van der Waals surface area contributed by atoms with Gasteiger partial charge in [0.15, 0.2) is 0 Å². The number of benzene rings is 2. The molecule has 2 rings (SSSR count). The van der Waals surface area contributed by atoms with E-state index in [4.69, 9.17) is 4.74 Å². The highest BCUT2D eigenvalue weighted by Crippen LogP contribution is 2.20. The van der Waals surface area contributed by atoms with E-state index in [-0.39, 0.29) is 18.4 Å². The molecule has 26 heavy (non-hydrogen) atoms. The molecule has 0 aliphatic carbocycles. The quantitative estimate of drug-likeness (QED) is 0.763. The summed E-state index contributed by atoms with van der Waals surface area (Å²) in [6, 6.07) is 13.5. The average Bonchev–Trinajstić information content (AvgIpc) is 2.62. The van der Waals surface area contributed by atoms with Crippen LogP contribution < -0.4 is 15.4 Å². The van der Waals surface area contributed by atoms with Crippen LogP contribution in [0.1, 0.15) is 30.0 Å². The van der Waals surface area contributed by atoms with Crippen LogP contribution in [0.4, 0.5) is 5.69 Å². The third-order valence-corrected chi connectivity index (χ3v) is 4.09. The number of hydrogen-bond acceptors (Lipinski definition) is 3. The Bertz CT molecular complexity index is 751. The van der Waals surface area contributed by atoms with Gasteiger partial charge in [0, 0.05) is 12.1 Å². The van der Waals surface area contributed by atoms with Crippen molar-refractivity contribution in [3.63, 3.8) is 0 Å². The van der Waals surface area contributed by atoms with Crippen molar-refractivity contribution < 1.29 is 14.3 Å². The van der Waals surface area contributed by atoms with Gasteiger partial charge in [-0.25, -0.2) is 0 Å². The topological polar surface area (TPSA) is 67.4 Å². The molecule has 138 valence electrons. The van der Waals surface area contributed by atoms with Gasteiger partial charge < -0.3 is 15.4 Å². The van der Waals surface area contributed by atoms with Crippen LogP contribution >= 0.6 is 0 Å². The predicted molar refractivity (Wildman–Crippen MR) is 103 cm³/mol. The number of carbonyl (C=O) groups is 2. The van der Waals surface area contributed by atoms with E-state index >= 15 is 0 Å². The Kier molecular flexibility index (Phi) is 7.21. The lowest BCUT2D eigenvalue weighted by atomic mass is 10.1. The number of nitrogens with one attached hydrogen (secondary N) is 2. The Labute approximate surface area is 154 Å². The maximum atomic E-state index is 12.1. The van der Waals surface area contributed by atoms with Crippen LogP contribution in [0.3, 0.4) is 0 Å². The lowest BCUT2D eigenvalue weighted by Gasteiger charge is -2.12. The van der Waals surface area contributed by atoms with Crippen molar-refractivity contribution in [1.82, 2.24) is 5.32 Å². The first-order chi connectivity index (χ1) is 12.5. The van der Waals surface area contributed by atoms with Gasteiger partial charge in [-0.2, -0.15) is 0 Å². The number of ether oxygens (including phenoxy) is 1. The molecule has 0 aliphatic heterocycles. The Morgan fingerprint density at radius 3 is 2.35 bits per heavy atom. The standard InChI is InChI=1S/C21H26N2O3/c1-4-26-18-11-6-5-10-17(18)12-13-19(24)22-14-20(25)23-21-15(2)8-7-9-16(21)3/h5-11H,4,12-14H2,1-3H3,(H,22,24)(H,23,25). The Balaban J connectivity index is 1.81. The molecule has 2 aromatic carbocycles. The van der Waals surface area contributed by atoms with Crippen LogP contribution in [0.2, 0.25) is 0 Å². The molecule has 0 spiro atoms. The molecule has 0 unspecified atom stereocenters. The van der Waals surface area contributed by atoms with Gasteiger partial charge >= 0.3 is 0 Å². The van der Waals surface area contributed by atoms with E-state index in [1.165, 1.54) is 0 Å². The third-order valence-electron chi connectivity index (χ3n) is 4.09. The molecule has 0 aromatic heterocycles. The Morgan fingerprint density at radius 2 is 1.65 bits per heavy atom. The van der Waals surface area contributed by atoms with Crippen LogP contribution in [0.25, 0.3) is 0 Å². The molecule has 0 saturated carbocycles. The van der Waals surface area contributed by atoms with Crippen molar-refractivity contribution in [2.24, 2.45) is 0 Å². The molecule has 0 bridgehead atoms. The summed E-state index contributed by atoms with van der Waals surface area (Å²) in [4.78, 5) is 24.1. The summed E-state index contributed by atoms with van der Waals surface area (Å²) < 4.78 is 5.56. The molecular formula is C21H26N2O3. The first-order valence-electron chi connectivity index (χ1n) is 8.84. The van der Waals surface area contributed by atoms with Crippen molar-refractivity contribution in [1.29, 1.82) is 0 Å². The van der Waals surface area contributed by atoms with E-state index in [9.17, 15) is 9.59 Å². The van der Waals surface area contributed by atoms with Crippen molar-refractivity contribution in [3.05, 3.63) is 59.2 Å². The summed E-state index contributed by atoms with van der Waals surface area (Å²) in [6.45, 7) is 6.35. The minimum atomic E-state index is -0.231. The van der Waals surface area contributed by atoms with E-state index in [1.807, 2.05) is 63.2 Å². The lowest BCUT2D eigenvalue weighted by Crippen LogP contribution is -2.33. The number of aryl methyl sites for hydroxylation is 3. The molecule has 2 N–H and O–H groups in total. The molecule has 0 heterocycles. The minimum absolute atomic E-state index is 0.0419. The zero-order valence-electron chi connectivity index (χ0n) is 15.6. The maximum absolute atomic E-state index is 12.1. The summed E-state index contributed by atoms with van der Waals surface area (Å²) in [7, 11) is 0. The summed E-state index contributed by atoms with van der Waals surface area (Å²) in [6.07, 6.45) is 0.876. The van der Waals surface area contributed by atoms with Crippen molar-refractivity contribution in [2.45, 2.75) is 33.6 Å². The minimum Gasteiger partial charge on any atom is -0.494 e. The largest absolute Gasteiger partial charge is 0.494 e. The molecule has 0 radical (unpaired) electrons. The number of rotatable bonds is 8. The lowest BCUT2D eigenvalue weighted by molar-refractivity contribution is -0.124. The predicted octanol–water partition coefficient (Wildman–Crippen LogP) is 3.39. The van der Waals surface area contributed by atoms with Crippen LogP contribution in [0.15, 0.2) is 42.5 Å². The summed E-state index contributed by atoms with van der Waals surface area (Å²) in [5, 5.41) is 5.53. The highest BCUT2D eigenvalue weighted by molar-refractivity contribution is 5.95. The molecule has 5 heteroatoms. The molecular weight excluding hydrogens is 328 g/mol. The fourth-order valence-electron chi connectivity index (χ4n) is 2.72. The van der Waals surface area contributed by atoms with Crippen LogP contribution in [-0.4, -0.2) is 25.0 Å². The van der Waals surface area contributed by atoms with Gasteiger partial charge in [-0.05, 0) is 49.9 Å². The van der Waals surface area contributed by atoms with E-state index in [0.717, 1.165) is 28.1 Å². The SMILES string of the molecule is CCOc1ccccc1CCC(=O)NCC(=O)Nc1c(C)cccc1C. The number of hydrogen-bond donors (Lipinski definition) is 2. The molecule has 0 aliphatic rings. The van der Waals surface area contributed by atoms with Crippen LogP contribution in [0.5, 0.6) is 5.75 Å². The Hall–Kier alpha value is -2.82. The second-order valence-corrected chi connectivity index (χ2v) is 6.13. The zero-order valence-corrected chi connectivity index (χ0v) is 15.6. The summed E-state index contributed by atoms with van der Waals surface area (Å²) >= 11 is 0. The number of anilines is 1. The maximum Gasteiger partial charge on any atom is 0.243 e. The number of amides is 2. The molecule has 5 nitrogen and oxygen atoms in total. The third kappa shape index (κ3) is 5.62. The normalized spacial score (nSPS) is 10.3. The number of carbonyl (C=O) groups excluding carboxylic acids is 2. The van der Waals surface area contributed by atoms with E-state index in [1.54, 1.807) is 0 Å². The number of para-hydroxylation sites is 2. The molecule has 0 atom stereocenters. The van der Waals surface area contributed by atoms with Gasteiger partial charge in [0.25, 0.3) is 0 Å².